The number of sulfonamides is 1. The second kappa shape index (κ2) is 5.88. The summed E-state index contributed by atoms with van der Waals surface area (Å²) < 4.78 is 24.4. The quantitative estimate of drug-likeness (QED) is 0.900. The molecule has 8 heteroatoms. The van der Waals surface area contributed by atoms with Gasteiger partial charge < -0.3 is 5.11 Å². The smallest absolute Gasteiger partial charge is 0.318 e. The molecule has 0 aromatic heterocycles. The van der Waals surface area contributed by atoms with Crippen molar-refractivity contribution in [2.45, 2.75) is 5.75 Å². The molecule has 1 aromatic rings. The molecule has 0 atom stereocenters. The summed E-state index contributed by atoms with van der Waals surface area (Å²) in [5.74, 6) is -1.57. The molecule has 0 aliphatic heterocycles. The molecule has 0 aliphatic carbocycles. The molecule has 0 unspecified atom stereocenters. The van der Waals surface area contributed by atoms with Gasteiger partial charge in [-0.2, -0.15) is 4.31 Å². The van der Waals surface area contributed by atoms with Crippen molar-refractivity contribution < 1.29 is 18.3 Å². The Morgan fingerprint density at radius 3 is 2.22 bits per heavy atom. The average molecular weight is 312 g/mol. The topological polar surface area (TPSA) is 74.7 Å². The van der Waals surface area contributed by atoms with Gasteiger partial charge in [0, 0.05) is 17.1 Å². The molecule has 0 radical (unpaired) electrons. The summed E-state index contributed by atoms with van der Waals surface area (Å²) in [4.78, 5) is 10.5. The van der Waals surface area contributed by atoms with Crippen LogP contribution < -0.4 is 0 Å². The SMILES string of the molecule is CN(CC(=O)O)S(=O)(=O)Cc1cc(Cl)cc(Cl)c1. The number of likely N-dealkylation sites (N-methyl/N-ethyl adjacent to an activating group) is 1. The van der Waals surface area contributed by atoms with Crippen LogP contribution in [0.1, 0.15) is 5.56 Å². The minimum atomic E-state index is -3.71. The van der Waals surface area contributed by atoms with Crippen molar-refractivity contribution in [2.24, 2.45) is 0 Å². The zero-order valence-electron chi connectivity index (χ0n) is 9.43. The lowest BCUT2D eigenvalue weighted by Crippen LogP contribution is -2.32. The van der Waals surface area contributed by atoms with Gasteiger partial charge in [-0.15, -0.1) is 0 Å². The Kier molecular flexibility index (Phi) is 4.98. The zero-order chi connectivity index (χ0) is 13.9. The molecule has 5 nitrogen and oxygen atoms in total. The van der Waals surface area contributed by atoms with E-state index in [1.165, 1.54) is 25.2 Å². The van der Waals surface area contributed by atoms with Crippen LogP contribution in [0.15, 0.2) is 18.2 Å². The molecule has 0 bridgehead atoms. The average Bonchev–Trinajstić information content (AvgIpc) is 2.13. The Labute approximate surface area is 115 Å². The van der Waals surface area contributed by atoms with Gasteiger partial charge in [0.05, 0.1) is 5.75 Å². The number of carboxylic acid groups (broad SMARTS) is 1. The third-order valence-corrected chi connectivity index (χ3v) is 4.32. The molecule has 1 N–H and O–H groups in total. The van der Waals surface area contributed by atoms with Crippen LogP contribution in [-0.2, 0) is 20.6 Å². The fourth-order valence-corrected chi connectivity index (χ4v) is 2.99. The van der Waals surface area contributed by atoms with Crippen molar-refractivity contribution in [2.75, 3.05) is 13.6 Å². The summed E-state index contributed by atoms with van der Waals surface area (Å²) in [5, 5.41) is 9.21. The lowest BCUT2D eigenvalue weighted by molar-refractivity contribution is -0.137. The number of rotatable bonds is 5. The molecule has 1 rings (SSSR count). The number of nitrogens with zero attached hydrogens (tertiary/aromatic N) is 1. The molecule has 0 amide bonds. The van der Waals surface area contributed by atoms with E-state index in [-0.39, 0.29) is 5.75 Å². The van der Waals surface area contributed by atoms with Crippen LogP contribution in [0.5, 0.6) is 0 Å². The molecular weight excluding hydrogens is 301 g/mol. The van der Waals surface area contributed by atoms with Crippen molar-refractivity contribution in [1.82, 2.24) is 4.31 Å². The maximum atomic E-state index is 11.8. The predicted molar refractivity (Wildman–Crippen MR) is 69.4 cm³/mol. The van der Waals surface area contributed by atoms with Crippen LogP contribution in [0.3, 0.4) is 0 Å². The highest BCUT2D eigenvalue weighted by Crippen LogP contribution is 2.21. The van der Waals surface area contributed by atoms with Crippen molar-refractivity contribution in [3.05, 3.63) is 33.8 Å². The van der Waals surface area contributed by atoms with Crippen molar-refractivity contribution in [3.63, 3.8) is 0 Å². The van der Waals surface area contributed by atoms with Gasteiger partial charge in [0.25, 0.3) is 0 Å². The lowest BCUT2D eigenvalue weighted by Gasteiger charge is -2.15. The summed E-state index contributed by atoms with van der Waals surface area (Å²) in [6, 6.07) is 4.43. The van der Waals surface area contributed by atoms with Gasteiger partial charge >= 0.3 is 5.97 Å². The Morgan fingerprint density at radius 2 is 1.78 bits per heavy atom. The highest BCUT2D eigenvalue weighted by molar-refractivity contribution is 7.88. The predicted octanol–water partition coefficient (Wildman–Crippen LogP) is 1.84. The first-order valence-electron chi connectivity index (χ1n) is 4.81. The second-order valence-electron chi connectivity index (χ2n) is 3.68. The third kappa shape index (κ3) is 4.45. The number of hydrogen-bond acceptors (Lipinski definition) is 3. The van der Waals surface area contributed by atoms with Gasteiger partial charge in [-0.3, -0.25) is 4.79 Å². The van der Waals surface area contributed by atoms with Crippen LogP contribution in [0.25, 0.3) is 0 Å². The summed E-state index contributed by atoms with van der Waals surface area (Å²) in [5.41, 5.74) is 0.407. The van der Waals surface area contributed by atoms with Crippen molar-refractivity contribution in [3.8, 4) is 0 Å². The molecule has 1 aromatic carbocycles. The number of carbonyl (C=O) groups is 1. The van der Waals surface area contributed by atoms with E-state index in [4.69, 9.17) is 28.3 Å². The van der Waals surface area contributed by atoms with Crippen molar-refractivity contribution in [1.29, 1.82) is 0 Å². The minimum Gasteiger partial charge on any atom is -0.480 e. The van der Waals surface area contributed by atoms with Crippen LogP contribution >= 0.6 is 23.2 Å². The highest BCUT2D eigenvalue weighted by atomic mass is 35.5. The molecule has 0 aliphatic rings. The number of hydrogen-bond donors (Lipinski definition) is 1. The fourth-order valence-electron chi connectivity index (χ4n) is 1.30. The van der Waals surface area contributed by atoms with E-state index in [0.29, 0.717) is 15.6 Å². The monoisotopic (exact) mass is 311 g/mol. The summed E-state index contributed by atoms with van der Waals surface area (Å²) in [6.45, 7) is -0.587. The van der Waals surface area contributed by atoms with E-state index in [1.54, 1.807) is 0 Å². The molecule has 0 saturated heterocycles. The molecule has 18 heavy (non-hydrogen) atoms. The van der Waals surface area contributed by atoms with Gasteiger partial charge in [-0.05, 0) is 23.8 Å². The standard InChI is InChI=1S/C10H11Cl2NO4S/c1-13(5-10(14)15)18(16,17)6-7-2-8(11)4-9(12)3-7/h2-4H,5-6H2,1H3,(H,14,15). The largest absolute Gasteiger partial charge is 0.480 e. The normalized spacial score (nSPS) is 11.8. The molecule has 0 spiro atoms. The van der Waals surface area contributed by atoms with E-state index < -0.39 is 22.5 Å². The van der Waals surface area contributed by atoms with E-state index in [9.17, 15) is 13.2 Å². The van der Waals surface area contributed by atoms with Crippen LogP contribution in [0.4, 0.5) is 0 Å². The molecule has 0 fully saturated rings. The number of benzene rings is 1. The zero-order valence-corrected chi connectivity index (χ0v) is 11.8. The minimum absolute atomic E-state index is 0.327. The molecule has 0 saturated carbocycles. The lowest BCUT2D eigenvalue weighted by atomic mass is 10.2. The molecule has 100 valence electrons. The van der Waals surface area contributed by atoms with Gasteiger partial charge in [-0.1, -0.05) is 23.2 Å². The summed E-state index contributed by atoms with van der Waals surface area (Å²) in [7, 11) is -2.50. The third-order valence-electron chi connectivity index (χ3n) is 2.10. The van der Waals surface area contributed by atoms with Gasteiger partial charge in [0.1, 0.15) is 6.54 Å². The summed E-state index contributed by atoms with van der Waals surface area (Å²) in [6.07, 6.45) is 0. The van der Waals surface area contributed by atoms with E-state index in [1.807, 2.05) is 0 Å². The maximum absolute atomic E-state index is 11.8. The fraction of sp³-hybridized carbons (Fsp3) is 0.300. The van der Waals surface area contributed by atoms with Crippen LogP contribution in [0.2, 0.25) is 10.0 Å². The van der Waals surface area contributed by atoms with E-state index >= 15 is 0 Å². The summed E-state index contributed by atoms with van der Waals surface area (Å²) >= 11 is 11.5. The Morgan fingerprint density at radius 1 is 1.28 bits per heavy atom. The first-order chi connectivity index (χ1) is 8.20. The highest BCUT2D eigenvalue weighted by Gasteiger charge is 2.21. The number of halogens is 2. The Bertz CT molecular complexity index is 539. The number of aliphatic carboxylic acids is 1. The van der Waals surface area contributed by atoms with Crippen molar-refractivity contribution >= 4 is 39.2 Å². The van der Waals surface area contributed by atoms with Crippen LogP contribution in [-0.4, -0.2) is 37.4 Å². The van der Waals surface area contributed by atoms with Gasteiger partial charge in [0.2, 0.25) is 10.0 Å². The molecular formula is C10H11Cl2NO4S. The Balaban J connectivity index is 2.91. The first-order valence-corrected chi connectivity index (χ1v) is 7.18. The van der Waals surface area contributed by atoms with E-state index in [0.717, 1.165) is 4.31 Å². The first kappa shape index (κ1) is 15.2. The maximum Gasteiger partial charge on any atom is 0.318 e. The second-order valence-corrected chi connectivity index (χ2v) is 6.63. The van der Waals surface area contributed by atoms with Gasteiger partial charge in [0.15, 0.2) is 0 Å². The Hall–Kier alpha value is -0.820. The van der Waals surface area contributed by atoms with E-state index in [2.05, 4.69) is 0 Å². The van der Waals surface area contributed by atoms with Gasteiger partial charge in [-0.25, -0.2) is 8.42 Å². The van der Waals surface area contributed by atoms with Crippen LogP contribution in [0, 0.1) is 0 Å². The molecule has 0 heterocycles. The number of carboxylic acids is 1.